The predicted octanol–water partition coefficient (Wildman–Crippen LogP) is 10.1. The van der Waals surface area contributed by atoms with E-state index in [1.807, 2.05) is 35.6 Å². The highest BCUT2D eigenvalue weighted by Crippen LogP contribution is 2.47. The van der Waals surface area contributed by atoms with Crippen LogP contribution < -0.4 is 0 Å². The zero-order valence-electron chi connectivity index (χ0n) is 20.8. The molecule has 182 valence electrons. The molecule has 0 saturated heterocycles. The SMILES string of the molecule is c1ccc2oc(-c3ccc(-n4c5ccccc5c5c6ccccc6c6c7ccccc7sc6c54)cc3)nc2c1. The van der Waals surface area contributed by atoms with E-state index in [2.05, 4.69) is 102 Å². The number of hydrogen-bond acceptors (Lipinski definition) is 3. The molecule has 0 spiro atoms. The number of thiophene rings is 1. The molecule has 6 aromatic carbocycles. The van der Waals surface area contributed by atoms with Gasteiger partial charge in [-0.3, -0.25) is 0 Å². The molecule has 9 aromatic rings. The molecule has 0 aliphatic heterocycles. The second kappa shape index (κ2) is 7.79. The fourth-order valence-electron chi connectivity index (χ4n) is 6.14. The lowest BCUT2D eigenvalue weighted by atomic mass is 9.99. The average Bonchev–Trinajstić information content (AvgIpc) is 3.69. The number of benzene rings is 6. The van der Waals surface area contributed by atoms with Gasteiger partial charge in [0.25, 0.3) is 0 Å². The molecule has 0 unspecified atom stereocenters. The molecule has 9 rings (SSSR count). The smallest absolute Gasteiger partial charge is 0.227 e. The summed E-state index contributed by atoms with van der Waals surface area (Å²) >= 11 is 1.89. The van der Waals surface area contributed by atoms with Crippen LogP contribution in [0.5, 0.6) is 0 Å². The summed E-state index contributed by atoms with van der Waals surface area (Å²) in [5.74, 6) is 0.642. The Bertz CT molecular complexity index is 2360. The van der Waals surface area contributed by atoms with Gasteiger partial charge in [0.15, 0.2) is 5.58 Å². The monoisotopic (exact) mass is 516 g/mol. The van der Waals surface area contributed by atoms with Crippen molar-refractivity contribution in [2.75, 3.05) is 0 Å². The van der Waals surface area contributed by atoms with Crippen LogP contribution >= 0.6 is 11.3 Å². The summed E-state index contributed by atoms with van der Waals surface area (Å²) in [6.45, 7) is 0. The van der Waals surface area contributed by atoms with E-state index in [1.165, 1.54) is 52.8 Å². The van der Waals surface area contributed by atoms with E-state index in [9.17, 15) is 0 Å². The predicted molar refractivity (Wildman–Crippen MR) is 164 cm³/mol. The summed E-state index contributed by atoms with van der Waals surface area (Å²) < 4.78 is 11.1. The minimum Gasteiger partial charge on any atom is -0.436 e. The van der Waals surface area contributed by atoms with Gasteiger partial charge in [-0.05, 0) is 59.3 Å². The number of aromatic nitrogens is 2. The first-order valence-corrected chi connectivity index (χ1v) is 13.9. The summed E-state index contributed by atoms with van der Waals surface area (Å²) in [4.78, 5) is 4.70. The van der Waals surface area contributed by atoms with Crippen molar-refractivity contribution in [1.82, 2.24) is 9.55 Å². The molecule has 4 heteroatoms. The van der Waals surface area contributed by atoms with E-state index in [4.69, 9.17) is 9.40 Å². The molecule has 3 nitrogen and oxygen atoms in total. The van der Waals surface area contributed by atoms with Crippen molar-refractivity contribution in [3.63, 3.8) is 0 Å². The highest BCUT2D eigenvalue weighted by atomic mass is 32.1. The van der Waals surface area contributed by atoms with Crippen LogP contribution in [0.1, 0.15) is 0 Å². The average molecular weight is 517 g/mol. The highest BCUT2D eigenvalue weighted by Gasteiger charge is 2.21. The van der Waals surface area contributed by atoms with E-state index in [0.717, 1.165) is 22.4 Å². The van der Waals surface area contributed by atoms with Crippen molar-refractivity contribution < 1.29 is 4.42 Å². The second-order valence-corrected chi connectivity index (χ2v) is 11.0. The summed E-state index contributed by atoms with van der Waals surface area (Å²) in [5, 5.41) is 7.84. The van der Waals surface area contributed by atoms with Gasteiger partial charge in [0.05, 0.1) is 15.7 Å². The Balaban J connectivity index is 1.39. The van der Waals surface area contributed by atoms with Gasteiger partial charge in [0.1, 0.15) is 5.52 Å². The molecular formula is C35H20N2OS. The third-order valence-electron chi connectivity index (χ3n) is 7.82. The Morgan fingerprint density at radius 3 is 2.08 bits per heavy atom. The number of para-hydroxylation sites is 3. The molecule has 0 radical (unpaired) electrons. The third kappa shape index (κ3) is 2.89. The van der Waals surface area contributed by atoms with Crippen molar-refractivity contribution in [2.45, 2.75) is 0 Å². The summed E-state index contributed by atoms with van der Waals surface area (Å²) in [6, 6.07) is 42.9. The van der Waals surface area contributed by atoms with E-state index in [0.29, 0.717) is 5.89 Å². The van der Waals surface area contributed by atoms with Gasteiger partial charge >= 0.3 is 0 Å². The summed E-state index contributed by atoms with van der Waals surface area (Å²) in [5.41, 5.74) is 6.23. The van der Waals surface area contributed by atoms with Gasteiger partial charge in [-0.25, -0.2) is 4.98 Å². The van der Waals surface area contributed by atoms with Gasteiger partial charge in [-0.2, -0.15) is 0 Å². The standard InChI is InChI=1S/C35H20N2OS/c1-2-10-24-23(9-1)31-25-11-3-6-14-28(25)37(33(31)34-32(24)26-12-4-8-16-30(26)39-34)22-19-17-21(18-20-22)35-36-27-13-5-7-15-29(27)38-35/h1-20H. The van der Waals surface area contributed by atoms with E-state index in [1.54, 1.807) is 0 Å². The van der Waals surface area contributed by atoms with Crippen LogP contribution in [-0.2, 0) is 0 Å². The minimum absolute atomic E-state index is 0.642. The zero-order valence-corrected chi connectivity index (χ0v) is 21.6. The topological polar surface area (TPSA) is 31.0 Å². The largest absolute Gasteiger partial charge is 0.436 e. The van der Waals surface area contributed by atoms with Gasteiger partial charge in [0, 0.05) is 37.5 Å². The first-order chi connectivity index (χ1) is 19.3. The molecule has 0 amide bonds. The van der Waals surface area contributed by atoms with Crippen LogP contribution in [-0.4, -0.2) is 9.55 Å². The third-order valence-corrected chi connectivity index (χ3v) is 8.99. The molecule has 0 saturated carbocycles. The maximum absolute atomic E-state index is 6.05. The van der Waals surface area contributed by atoms with E-state index < -0.39 is 0 Å². The molecule has 0 aliphatic carbocycles. The molecule has 0 fully saturated rings. The van der Waals surface area contributed by atoms with E-state index in [-0.39, 0.29) is 0 Å². The first-order valence-electron chi connectivity index (χ1n) is 13.1. The molecule has 0 bridgehead atoms. The maximum Gasteiger partial charge on any atom is 0.227 e. The fourth-order valence-corrected chi connectivity index (χ4v) is 7.40. The van der Waals surface area contributed by atoms with Crippen LogP contribution in [0.15, 0.2) is 126 Å². The van der Waals surface area contributed by atoms with E-state index >= 15 is 0 Å². The lowest BCUT2D eigenvalue weighted by Crippen LogP contribution is -1.94. The van der Waals surface area contributed by atoms with Crippen molar-refractivity contribution in [3.8, 4) is 17.1 Å². The number of hydrogen-bond donors (Lipinski definition) is 0. The van der Waals surface area contributed by atoms with Crippen molar-refractivity contribution in [1.29, 1.82) is 0 Å². The van der Waals surface area contributed by atoms with Crippen molar-refractivity contribution in [2.24, 2.45) is 0 Å². The molecule has 39 heavy (non-hydrogen) atoms. The van der Waals surface area contributed by atoms with Crippen LogP contribution in [0, 0.1) is 0 Å². The Morgan fingerprint density at radius 1 is 0.590 bits per heavy atom. The molecule has 0 atom stereocenters. The molecule has 3 aromatic heterocycles. The lowest BCUT2D eigenvalue weighted by molar-refractivity contribution is 0.620. The lowest BCUT2D eigenvalue weighted by Gasteiger charge is -2.10. The second-order valence-electron chi connectivity index (χ2n) is 9.96. The number of fused-ring (bicyclic) bond motifs is 11. The quantitative estimate of drug-likeness (QED) is 0.229. The van der Waals surface area contributed by atoms with Gasteiger partial charge in [-0.15, -0.1) is 11.3 Å². The van der Waals surface area contributed by atoms with Crippen LogP contribution in [0.25, 0.3) is 81.0 Å². The summed E-state index contributed by atoms with van der Waals surface area (Å²) in [6.07, 6.45) is 0. The molecular weight excluding hydrogens is 496 g/mol. The Labute approximate surface area is 227 Å². The number of oxazole rings is 1. The molecule has 0 N–H and O–H groups in total. The van der Waals surface area contributed by atoms with Crippen LogP contribution in [0.2, 0.25) is 0 Å². The van der Waals surface area contributed by atoms with Gasteiger partial charge < -0.3 is 8.98 Å². The normalized spacial score (nSPS) is 12.1. The van der Waals surface area contributed by atoms with Gasteiger partial charge in [0.2, 0.25) is 5.89 Å². The number of nitrogens with zero attached hydrogens (tertiary/aromatic N) is 2. The highest BCUT2D eigenvalue weighted by molar-refractivity contribution is 7.27. The van der Waals surface area contributed by atoms with Crippen molar-refractivity contribution >= 4 is 75.2 Å². The number of rotatable bonds is 2. The van der Waals surface area contributed by atoms with Crippen LogP contribution in [0.4, 0.5) is 0 Å². The van der Waals surface area contributed by atoms with Crippen LogP contribution in [0.3, 0.4) is 0 Å². The minimum atomic E-state index is 0.642. The van der Waals surface area contributed by atoms with Crippen molar-refractivity contribution in [3.05, 3.63) is 121 Å². The zero-order chi connectivity index (χ0) is 25.5. The Morgan fingerprint density at radius 2 is 1.26 bits per heavy atom. The Hall–Kier alpha value is -4.93. The first kappa shape index (κ1) is 21.1. The maximum atomic E-state index is 6.05. The molecule has 0 aliphatic rings. The Kier molecular flexibility index (Phi) is 4.21. The summed E-state index contributed by atoms with van der Waals surface area (Å²) in [7, 11) is 0. The van der Waals surface area contributed by atoms with Gasteiger partial charge in [-0.1, -0.05) is 72.8 Å². The fraction of sp³-hybridized carbons (Fsp3) is 0. The molecule has 3 heterocycles.